The molecule has 0 aliphatic heterocycles. The van der Waals surface area contributed by atoms with E-state index in [2.05, 4.69) is 0 Å². The summed E-state index contributed by atoms with van der Waals surface area (Å²) in [4.78, 5) is 13.2. The van der Waals surface area contributed by atoms with Crippen LogP contribution in [-0.4, -0.2) is 9.67 Å². The number of benzene rings is 3. The van der Waals surface area contributed by atoms with E-state index >= 15 is 0 Å². The zero-order chi connectivity index (χ0) is 26.9. The maximum Gasteiger partial charge on any atom is 0.417 e. The van der Waals surface area contributed by atoms with E-state index < -0.39 is 22.9 Å². The highest BCUT2D eigenvalue weighted by atomic mass is 19.4. The van der Waals surface area contributed by atoms with Gasteiger partial charge in [-0.15, -0.1) is 0 Å². The van der Waals surface area contributed by atoms with Gasteiger partial charge in [0.2, 0.25) is 0 Å². The molecule has 37 heavy (non-hydrogen) atoms. The molecule has 0 fully saturated rings. The van der Waals surface area contributed by atoms with Gasteiger partial charge in [-0.25, -0.2) is 0 Å². The van der Waals surface area contributed by atoms with Crippen LogP contribution in [0.1, 0.15) is 33.4 Å². The summed E-state index contributed by atoms with van der Waals surface area (Å²) in [6, 6.07) is 18.9. The van der Waals surface area contributed by atoms with E-state index in [9.17, 15) is 28.3 Å². The number of aryl methyl sites for hydroxylation is 3. The van der Waals surface area contributed by atoms with E-state index in [-0.39, 0.29) is 18.0 Å². The van der Waals surface area contributed by atoms with Gasteiger partial charge < -0.3 is 14.4 Å². The lowest BCUT2D eigenvalue weighted by molar-refractivity contribution is -0.137. The Hall–Kier alpha value is -4.51. The predicted molar refractivity (Wildman–Crippen MR) is 134 cm³/mol. The van der Waals surface area contributed by atoms with E-state index in [1.165, 1.54) is 16.7 Å². The number of alkyl halides is 3. The number of nitriles is 1. The van der Waals surface area contributed by atoms with Crippen LogP contribution in [0.5, 0.6) is 17.2 Å². The Morgan fingerprint density at radius 2 is 1.59 bits per heavy atom. The van der Waals surface area contributed by atoms with Gasteiger partial charge in [-0.3, -0.25) is 4.79 Å². The SMILES string of the molecule is Cc1ccc(Cn2c(-c3ccc(Oc4ccc(O)c(C)c4)cc3)cc(C(F)(F)F)c(C#N)c2=O)c(C)c1. The molecule has 4 rings (SSSR count). The first-order valence-electron chi connectivity index (χ1n) is 11.4. The van der Waals surface area contributed by atoms with Crippen molar-refractivity contribution < 1.29 is 23.0 Å². The summed E-state index contributed by atoms with van der Waals surface area (Å²) in [5, 5.41) is 19.1. The zero-order valence-corrected chi connectivity index (χ0v) is 20.3. The van der Waals surface area contributed by atoms with Gasteiger partial charge in [-0.1, -0.05) is 23.8 Å². The maximum absolute atomic E-state index is 13.8. The number of aromatic hydroxyl groups is 1. The number of hydrogen-bond acceptors (Lipinski definition) is 4. The number of nitrogens with zero attached hydrogens (tertiary/aromatic N) is 2. The third kappa shape index (κ3) is 5.36. The van der Waals surface area contributed by atoms with Gasteiger partial charge in [0.25, 0.3) is 5.56 Å². The quantitative estimate of drug-likeness (QED) is 0.322. The van der Waals surface area contributed by atoms with E-state index in [1.807, 2.05) is 32.0 Å². The number of phenols is 1. The van der Waals surface area contributed by atoms with Crippen LogP contribution in [0.4, 0.5) is 13.2 Å². The smallest absolute Gasteiger partial charge is 0.417 e. The van der Waals surface area contributed by atoms with Gasteiger partial charge in [0.05, 0.1) is 17.8 Å². The molecule has 0 saturated heterocycles. The van der Waals surface area contributed by atoms with Crippen molar-refractivity contribution >= 4 is 0 Å². The summed E-state index contributed by atoms with van der Waals surface area (Å²) in [7, 11) is 0. The summed E-state index contributed by atoms with van der Waals surface area (Å²) in [6.45, 7) is 5.50. The Balaban J connectivity index is 1.82. The average molecular weight is 505 g/mol. The minimum absolute atomic E-state index is 0.00185. The van der Waals surface area contributed by atoms with Gasteiger partial charge in [0, 0.05) is 0 Å². The van der Waals surface area contributed by atoms with Crippen molar-refractivity contribution in [2.24, 2.45) is 0 Å². The monoisotopic (exact) mass is 504 g/mol. The van der Waals surface area contributed by atoms with Gasteiger partial charge in [0.15, 0.2) is 0 Å². The highest BCUT2D eigenvalue weighted by Crippen LogP contribution is 2.35. The maximum atomic E-state index is 13.8. The summed E-state index contributed by atoms with van der Waals surface area (Å²) in [5.74, 6) is 1.03. The summed E-state index contributed by atoms with van der Waals surface area (Å²) < 4.78 is 48.4. The van der Waals surface area contributed by atoms with Gasteiger partial charge >= 0.3 is 6.18 Å². The first kappa shape index (κ1) is 25.6. The molecule has 0 amide bonds. The fourth-order valence-electron chi connectivity index (χ4n) is 4.09. The van der Waals surface area contributed by atoms with Crippen molar-refractivity contribution in [1.29, 1.82) is 5.26 Å². The van der Waals surface area contributed by atoms with Gasteiger partial charge in [-0.2, -0.15) is 18.4 Å². The molecule has 0 unspecified atom stereocenters. The van der Waals surface area contributed by atoms with Crippen molar-refractivity contribution in [2.45, 2.75) is 33.5 Å². The molecule has 4 aromatic rings. The van der Waals surface area contributed by atoms with Crippen LogP contribution in [0.3, 0.4) is 0 Å². The lowest BCUT2D eigenvalue weighted by Crippen LogP contribution is -2.29. The first-order chi connectivity index (χ1) is 17.5. The van der Waals surface area contributed by atoms with E-state index in [1.54, 1.807) is 43.3 Å². The molecule has 8 heteroatoms. The van der Waals surface area contributed by atoms with Gasteiger partial charge in [-0.05, 0) is 91.6 Å². The van der Waals surface area contributed by atoms with E-state index in [0.717, 1.165) is 22.8 Å². The number of hydrogen-bond donors (Lipinski definition) is 1. The molecule has 1 heterocycles. The Morgan fingerprint density at radius 1 is 0.919 bits per heavy atom. The minimum atomic E-state index is -4.88. The van der Waals surface area contributed by atoms with Crippen molar-refractivity contribution in [3.8, 4) is 34.6 Å². The third-order valence-corrected chi connectivity index (χ3v) is 6.10. The second-order valence-electron chi connectivity index (χ2n) is 8.82. The van der Waals surface area contributed by atoms with Crippen molar-refractivity contribution in [3.05, 3.63) is 110 Å². The fourth-order valence-corrected chi connectivity index (χ4v) is 4.09. The highest BCUT2D eigenvalue weighted by molar-refractivity contribution is 5.64. The molecule has 3 aromatic carbocycles. The molecule has 5 nitrogen and oxygen atoms in total. The van der Waals surface area contributed by atoms with Gasteiger partial charge in [0.1, 0.15) is 28.9 Å². The fraction of sp³-hybridized carbons (Fsp3) is 0.172. The Kier molecular flexibility index (Phi) is 6.82. The predicted octanol–water partition coefficient (Wildman–Crippen LogP) is 6.88. The van der Waals surface area contributed by atoms with Crippen molar-refractivity contribution in [2.75, 3.05) is 0 Å². The van der Waals surface area contributed by atoms with Crippen LogP contribution in [-0.2, 0) is 12.7 Å². The Labute approximate surface area is 211 Å². The lowest BCUT2D eigenvalue weighted by atomic mass is 10.0. The minimum Gasteiger partial charge on any atom is -0.508 e. The molecular weight excluding hydrogens is 481 g/mol. The second-order valence-corrected chi connectivity index (χ2v) is 8.82. The summed E-state index contributed by atoms with van der Waals surface area (Å²) in [5.41, 5.74) is 0.432. The lowest BCUT2D eigenvalue weighted by Gasteiger charge is -2.19. The van der Waals surface area contributed by atoms with Crippen LogP contribution in [0, 0.1) is 32.1 Å². The number of pyridine rings is 1. The number of halogens is 3. The molecule has 1 N–H and O–H groups in total. The van der Waals surface area contributed by atoms with Crippen LogP contribution < -0.4 is 10.3 Å². The van der Waals surface area contributed by atoms with Crippen LogP contribution in [0.2, 0.25) is 0 Å². The number of phenolic OH excluding ortho intramolecular Hbond substituents is 1. The molecule has 0 aliphatic carbocycles. The largest absolute Gasteiger partial charge is 0.508 e. The molecular formula is C29H23F3N2O3. The molecule has 188 valence electrons. The molecule has 0 atom stereocenters. The van der Waals surface area contributed by atoms with Crippen LogP contribution in [0.25, 0.3) is 11.3 Å². The van der Waals surface area contributed by atoms with Crippen LogP contribution in [0.15, 0.2) is 71.5 Å². The number of ether oxygens (including phenoxy) is 1. The molecule has 0 saturated carbocycles. The standard InChI is InChI=1S/C29H23F3N2O3/c1-17-4-5-21(18(2)12-17)16-34-26(14-25(29(30,31)32)24(15-33)28(34)36)20-6-8-22(9-7-20)37-23-10-11-27(35)19(3)13-23/h4-14,35H,16H2,1-3H3. The first-order valence-corrected chi connectivity index (χ1v) is 11.4. The Bertz CT molecular complexity index is 1580. The Morgan fingerprint density at radius 3 is 2.19 bits per heavy atom. The molecule has 0 radical (unpaired) electrons. The van der Waals surface area contributed by atoms with E-state index in [0.29, 0.717) is 22.6 Å². The van der Waals surface area contributed by atoms with Crippen molar-refractivity contribution in [1.82, 2.24) is 4.57 Å². The molecule has 0 aliphatic rings. The second kappa shape index (κ2) is 9.86. The molecule has 0 spiro atoms. The zero-order valence-electron chi connectivity index (χ0n) is 20.3. The summed E-state index contributed by atoms with van der Waals surface area (Å²) in [6.07, 6.45) is -4.88. The molecule has 1 aromatic heterocycles. The third-order valence-electron chi connectivity index (χ3n) is 6.10. The molecule has 0 bridgehead atoms. The van der Waals surface area contributed by atoms with Crippen LogP contribution >= 0.6 is 0 Å². The number of rotatable bonds is 5. The number of aromatic nitrogens is 1. The normalized spacial score (nSPS) is 11.3. The highest BCUT2D eigenvalue weighted by Gasteiger charge is 2.36. The van der Waals surface area contributed by atoms with Crippen molar-refractivity contribution in [3.63, 3.8) is 0 Å². The topological polar surface area (TPSA) is 75.2 Å². The van der Waals surface area contributed by atoms with E-state index in [4.69, 9.17) is 4.74 Å². The summed E-state index contributed by atoms with van der Waals surface area (Å²) >= 11 is 0. The average Bonchev–Trinajstić information content (AvgIpc) is 2.84.